The van der Waals surface area contributed by atoms with Gasteiger partial charge in [-0.2, -0.15) is 11.8 Å². The number of hydrogen-bond acceptors (Lipinski definition) is 6. The van der Waals surface area contributed by atoms with Gasteiger partial charge in [-0.25, -0.2) is 14.4 Å². The number of carbonyl (C=O) groups is 4. The third-order valence-electron chi connectivity index (χ3n) is 5.31. The first-order chi connectivity index (χ1) is 15.0. The quantitative estimate of drug-likeness (QED) is 0.216. The molecule has 0 spiro atoms. The van der Waals surface area contributed by atoms with Crippen molar-refractivity contribution in [1.29, 1.82) is 0 Å². The number of fused-ring (bicyclic) bond motifs is 1. The molecule has 0 bridgehead atoms. The van der Waals surface area contributed by atoms with Gasteiger partial charge in [0.2, 0.25) is 5.91 Å². The molecule has 4 atom stereocenters. The van der Waals surface area contributed by atoms with Crippen molar-refractivity contribution in [2.45, 2.75) is 94.7 Å². The van der Waals surface area contributed by atoms with Crippen LogP contribution in [0.2, 0.25) is 0 Å². The molecule has 2 heterocycles. The highest BCUT2D eigenvalue weighted by molar-refractivity contribution is 8.00. The van der Waals surface area contributed by atoms with Crippen LogP contribution in [0, 0.1) is 0 Å². The van der Waals surface area contributed by atoms with Gasteiger partial charge in [0.1, 0.15) is 11.6 Å². The molecule has 0 aliphatic carbocycles. The van der Waals surface area contributed by atoms with Crippen molar-refractivity contribution in [2.75, 3.05) is 12.3 Å². The Hall–Kier alpha value is -2.17. The number of thioether (sulfide) groups is 1. The Kier molecular flexibility index (Phi) is 9.92. The second kappa shape index (κ2) is 12.2. The number of nitrogens with one attached hydrogen (secondary N) is 4. The van der Waals surface area contributed by atoms with Crippen LogP contribution in [0.1, 0.15) is 65.7 Å². The summed E-state index contributed by atoms with van der Waals surface area (Å²) >= 11 is 1.87. The van der Waals surface area contributed by atoms with Gasteiger partial charge < -0.3 is 31.1 Å². The first-order valence-corrected chi connectivity index (χ1v) is 12.3. The average Bonchev–Trinajstić information content (AvgIpc) is 3.21. The van der Waals surface area contributed by atoms with Crippen molar-refractivity contribution in [1.82, 2.24) is 21.3 Å². The summed E-state index contributed by atoms with van der Waals surface area (Å²) in [6.07, 6.45) is 3.83. The summed E-state index contributed by atoms with van der Waals surface area (Å²) in [6.45, 7) is 5.60. The third kappa shape index (κ3) is 9.13. The largest absolute Gasteiger partial charge is 0.480 e. The van der Waals surface area contributed by atoms with Crippen LogP contribution in [0.15, 0.2) is 0 Å². The zero-order valence-corrected chi connectivity index (χ0v) is 19.9. The number of rotatable bonds is 12. The lowest BCUT2D eigenvalue weighted by atomic mass is 10.0. The molecule has 32 heavy (non-hydrogen) atoms. The van der Waals surface area contributed by atoms with Crippen LogP contribution < -0.4 is 21.3 Å². The Labute approximate surface area is 193 Å². The maximum Gasteiger partial charge on any atom is 0.408 e. The molecule has 0 aromatic rings. The molecule has 0 aromatic heterocycles. The van der Waals surface area contributed by atoms with E-state index in [-0.39, 0.29) is 30.4 Å². The van der Waals surface area contributed by atoms with E-state index in [9.17, 15) is 24.3 Å². The predicted molar refractivity (Wildman–Crippen MR) is 122 cm³/mol. The van der Waals surface area contributed by atoms with Crippen molar-refractivity contribution >= 4 is 35.8 Å². The molecule has 5 N–H and O–H groups in total. The average molecular weight is 473 g/mol. The lowest BCUT2D eigenvalue weighted by Gasteiger charge is -2.22. The number of carboxylic acid groups (broad SMARTS) is 1. The Balaban J connectivity index is 1.51. The van der Waals surface area contributed by atoms with Gasteiger partial charge in [0.05, 0.1) is 12.1 Å². The highest BCUT2D eigenvalue weighted by atomic mass is 32.2. The number of carbonyl (C=O) groups excluding carboxylic acids is 3. The molecule has 2 aliphatic rings. The second-order valence-corrected chi connectivity index (χ2v) is 10.5. The number of urea groups is 1. The summed E-state index contributed by atoms with van der Waals surface area (Å²) < 4.78 is 5.09. The molecule has 2 aliphatic heterocycles. The number of unbranched alkanes of at least 4 members (excludes halogenated alkanes) is 2. The van der Waals surface area contributed by atoms with E-state index in [1.165, 1.54) is 0 Å². The lowest BCUT2D eigenvalue weighted by Crippen LogP contribution is -2.43. The summed E-state index contributed by atoms with van der Waals surface area (Å²) in [5, 5.41) is 20.8. The number of alkyl carbamates (subject to hydrolysis) is 1. The Morgan fingerprint density at radius 3 is 2.62 bits per heavy atom. The van der Waals surface area contributed by atoms with Crippen LogP contribution in [-0.2, 0) is 14.3 Å². The SMILES string of the molecule is CC(C)(C)OC(=O)NC(CCCCNC(=O)CCCC[C@@H]1SC[C@@H]2NC(=O)N[C@@H]21)C(=O)O. The van der Waals surface area contributed by atoms with E-state index < -0.39 is 23.7 Å². The lowest BCUT2D eigenvalue weighted by molar-refractivity contribution is -0.139. The Bertz CT molecular complexity index is 684. The standard InChI is InChI=1S/C21H36N4O6S/c1-21(2,3)31-20(30)24-13(18(27)28)8-6-7-11-22-16(26)10-5-4-9-15-17-14(12-32-15)23-19(29)25-17/h13-15,17H,4-12H2,1-3H3,(H,22,26)(H,24,30)(H,27,28)(H2,23,25,29)/t13?,14-,15-,17-/m0/s1. The zero-order valence-electron chi connectivity index (χ0n) is 19.1. The van der Waals surface area contributed by atoms with Crippen molar-refractivity contribution < 1.29 is 29.0 Å². The van der Waals surface area contributed by atoms with Crippen LogP contribution in [0.25, 0.3) is 0 Å². The highest BCUT2D eigenvalue weighted by Crippen LogP contribution is 2.33. The monoisotopic (exact) mass is 472 g/mol. The molecule has 4 amide bonds. The van der Waals surface area contributed by atoms with Gasteiger partial charge >= 0.3 is 18.1 Å². The minimum absolute atomic E-state index is 0.0144. The van der Waals surface area contributed by atoms with E-state index in [4.69, 9.17) is 4.74 Å². The number of hydrogen-bond donors (Lipinski definition) is 5. The van der Waals surface area contributed by atoms with Gasteiger partial charge in [0.15, 0.2) is 0 Å². The molecule has 0 radical (unpaired) electrons. The van der Waals surface area contributed by atoms with Gasteiger partial charge in [-0.05, 0) is 52.9 Å². The predicted octanol–water partition coefficient (Wildman–Crippen LogP) is 1.98. The van der Waals surface area contributed by atoms with Crippen molar-refractivity contribution in [3.63, 3.8) is 0 Å². The summed E-state index contributed by atoms with van der Waals surface area (Å²) in [5.41, 5.74) is -0.695. The minimum Gasteiger partial charge on any atom is -0.480 e. The van der Waals surface area contributed by atoms with E-state index in [1.807, 2.05) is 11.8 Å². The molecular formula is C21H36N4O6S. The van der Waals surface area contributed by atoms with Crippen LogP contribution in [0.5, 0.6) is 0 Å². The summed E-state index contributed by atoms with van der Waals surface area (Å²) in [4.78, 5) is 46.5. The smallest absolute Gasteiger partial charge is 0.408 e. The molecule has 0 saturated carbocycles. The molecule has 2 rings (SSSR count). The number of carboxylic acids is 1. The fourth-order valence-corrected chi connectivity index (χ4v) is 5.31. The highest BCUT2D eigenvalue weighted by Gasteiger charge is 2.42. The van der Waals surface area contributed by atoms with Crippen LogP contribution in [-0.4, -0.2) is 70.4 Å². The van der Waals surface area contributed by atoms with Crippen LogP contribution in [0.3, 0.4) is 0 Å². The molecule has 10 nitrogen and oxygen atoms in total. The fraction of sp³-hybridized carbons (Fsp3) is 0.810. The maximum atomic E-state index is 12.0. The van der Waals surface area contributed by atoms with Gasteiger partial charge in [0, 0.05) is 24.0 Å². The number of aliphatic carboxylic acids is 1. The van der Waals surface area contributed by atoms with E-state index in [2.05, 4.69) is 21.3 Å². The van der Waals surface area contributed by atoms with Gasteiger partial charge in [-0.3, -0.25) is 4.79 Å². The second-order valence-electron chi connectivity index (χ2n) is 9.25. The zero-order chi connectivity index (χ0) is 23.7. The molecule has 2 fully saturated rings. The first kappa shape index (κ1) is 26.1. The molecule has 2 saturated heterocycles. The van der Waals surface area contributed by atoms with Crippen LogP contribution in [0.4, 0.5) is 9.59 Å². The summed E-state index contributed by atoms with van der Waals surface area (Å²) in [6, 6.07) is -0.685. The molecule has 182 valence electrons. The molecule has 1 unspecified atom stereocenters. The van der Waals surface area contributed by atoms with E-state index in [0.29, 0.717) is 31.1 Å². The van der Waals surface area contributed by atoms with Gasteiger partial charge in [-0.1, -0.05) is 6.42 Å². The summed E-state index contributed by atoms with van der Waals surface area (Å²) in [7, 11) is 0. The van der Waals surface area contributed by atoms with E-state index in [1.54, 1.807) is 20.8 Å². The molecule has 0 aromatic carbocycles. The normalized spacial score (nSPS) is 23.0. The summed E-state index contributed by atoms with van der Waals surface area (Å²) in [5.74, 6) is -0.191. The van der Waals surface area contributed by atoms with Gasteiger partial charge in [0.25, 0.3) is 0 Å². The fourth-order valence-electron chi connectivity index (χ4n) is 3.77. The number of amides is 4. The van der Waals surface area contributed by atoms with E-state index >= 15 is 0 Å². The van der Waals surface area contributed by atoms with E-state index in [0.717, 1.165) is 25.0 Å². The van der Waals surface area contributed by atoms with Crippen molar-refractivity contribution in [3.8, 4) is 0 Å². The Morgan fingerprint density at radius 2 is 1.94 bits per heavy atom. The van der Waals surface area contributed by atoms with Crippen molar-refractivity contribution in [2.24, 2.45) is 0 Å². The molecule has 11 heteroatoms. The topological polar surface area (TPSA) is 146 Å². The van der Waals surface area contributed by atoms with Crippen molar-refractivity contribution in [3.05, 3.63) is 0 Å². The minimum atomic E-state index is -1.11. The number of ether oxygens (including phenoxy) is 1. The van der Waals surface area contributed by atoms with Gasteiger partial charge in [-0.15, -0.1) is 0 Å². The van der Waals surface area contributed by atoms with Crippen LogP contribution >= 0.6 is 11.8 Å². The maximum absolute atomic E-state index is 12.0. The molecular weight excluding hydrogens is 436 g/mol. The first-order valence-electron chi connectivity index (χ1n) is 11.2. The third-order valence-corrected chi connectivity index (χ3v) is 6.82. The Morgan fingerprint density at radius 1 is 1.19 bits per heavy atom.